The Bertz CT molecular complexity index is 652. The Labute approximate surface area is 114 Å². The van der Waals surface area contributed by atoms with Crippen LogP contribution in [0.25, 0.3) is 0 Å². The van der Waals surface area contributed by atoms with Crippen LogP contribution in [0.4, 0.5) is 5.69 Å². The third-order valence-corrected chi connectivity index (χ3v) is 5.31. The number of anilines is 1. The van der Waals surface area contributed by atoms with Gasteiger partial charge in [-0.3, -0.25) is 4.72 Å². The molecule has 18 heavy (non-hydrogen) atoms. The highest BCUT2D eigenvalue weighted by atomic mass is 35.5. The van der Waals surface area contributed by atoms with E-state index in [0.29, 0.717) is 15.6 Å². The van der Waals surface area contributed by atoms with Crippen LogP contribution >= 0.6 is 22.9 Å². The molecule has 0 saturated heterocycles. The lowest BCUT2D eigenvalue weighted by Crippen LogP contribution is -2.11. The van der Waals surface area contributed by atoms with Gasteiger partial charge in [0.1, 0.15) is 4.21 Å². The molecule has 1 aromatic heterocycles. The third kappa shape index (κ3) is 3.02. The maximum Gasteiger partial charge on any atom is 0.271 e. The second-order valence-corrected chi connectivity index (χ2v) is 7.01. The van der Waals surface area contributed by atoms with Crippen LogP contribution in [0.1, 0.15) is 4.88 Å². The van der Waals surface area contributed by atoms with Gasteiger partial charge in [0.2, 0.25) is 0 Å². The molecule has 0 saturated carbocycles. The number of hydrogen-bond acceptors (Lipinski definition) is 4. The average molecular weight is 304 g/mol. The van der Waals surface area contributed by atoms with E-state index in [1.54, 1.807) is 24.3 Å². The summed E-state index contributed by atoms with van der Waals surface area (Å²) in [7, 11) is -3.62. The zero-order chi connectivity index (χ0) is 13.2. The van der Waals surface area contributed by atoms with Crippen LogP contribution in [-0.2, 0) is 16.6 Å². The quantitative estimate of drug-likeness (QED) is 0.912. The Hall–Kier alpha value is -1.08. The topological polar surface area (TPSA) is 66.4 Å². The summed E-state index contributed by atoms with van der Waals surface area (Å²) >= 11 is 6.81. The molecule has 0 unspecified atom stereocenters. The zero-order valence-corrected chi connectivity index (χ0v) is 11.5. The summed E-state index contributed by atoms with van der Waals surface area (Å²) in [5.74, 6) is 0. The Morgan fingerprint density at radius 2 is 2.06 bits per heavy atom. The minimum absolute atomic E-state index is 0.159. The summed E-state index contributed by atoms with van der Waals surface area (Å²) in [6, 6.07) is 9.51. The Balaban J connectivity index is 2.27. The molecule has 0 aliphatic carbocycles. The molecule has 0 aliphatic heterocycles. The van der Waals surface area contributed by atoms with Crippen LogP contribution in [0.15, 0.2) is 40.6 Å². The Kier molecular flexibility index (Phi) is 3.91. The van der Waals surface area contributed by atoms with Gasteiger partial charge in [-0.2, -0.15) is 0 Å². The van der Waals surface area contributed by atoms with Crippen molar-refractivity contribution in [2.24, 2.45) is 0 Å². The molecule has 0 amide bonds. The summed E-state index contributed by atoms with van der Waals surface area (Å²) in [4.78, 5) is 0.599. The van der Waals surface area contributed by atoms with Crippen LogP contribution in [-0.4, -0.2) is 13.5 Å². The molecular formula is C11H10ClNO3S2. The van der Waals surface area contributed by atoms with Crippen molar-refractivity contribution in [2.75, 3.05) is 4.72 Å². The van der Waals surface area contributed by atoms with Crippen molar-refractivity contribution in [1.82, 2.24) is 0 Å². The van der Waals surface area contributed by atoms with E-state index in [9.17, 15) is 8.42 Å². The first kappa shape index (κ1) is 13.4. The molecule has 2 N–H and O–H groups in total. The van der Waals surface area contributed by atoms with E-state index >= 15 is 0 Å². The highest BCUT2D eigenvalue weighted by molar-refractivity contribution is 7.94. The Morgan fingerprint density at radius 3 is 2.67 bits per heavy atom. The minimum Gasteiger partial charge on any atom is -0.391 e. The van der Waals surface area contributed by atoms with Gasteiger partial charge in [0.15, 0.2) is 0 Å². The van der Waals surface area contributed by atoms with E-state index in [1.807, 2.05) is 0 Å². The van der Waals surface area contributed by atoms with Crippen molar-refractivity contribution in [3.05, 3.63) is 46.3 Å². The Morgan fingerprint density at radius 1 is 1.28 bits per heavy atom. The van der Waals surface area contributed by atoms with Gasteiger partial charge < -0.3 is 5.11 Å². The highest BCUT2D eigenvalue weighted by Gasteiger charge is 2.16. The largest absolute Gasteiger partial charge is 0.391 e. The maximum absolute atomic E-state index is 12.0. The first-order chi connectivity index (χ1) is 8.51. The fraction of sp³-hybridized carbons (Fsp3) is 0.0909. The fourth-order valence-electron chi connectivity index (χ4n) is 1.35. The molecule has 4 nitrogen and oxygen atoms in total. The molecule has 96 valence electrons. The first-order valence-electron chi connectivity index (χ1n) is 4.99. The lowest BCUT2D eigenvalue weighted by molar-refractivity contribution is 0.285. The number of hydrogen-bond donors (Lipinski definition) is 2. The van der Waals surface area contributed by atoms with E-state index in [2.05, 4.69) is 4.72 Å². The lowest BCUT2D eigenvalue weighted by atomic mass is 10.3. The molecular weight excluding hydrogens is 294 g/mol. The maximum atomic E-state index is 12.0. The van der Waals surface area contributed by atoms with Gasteiger partial charge in [0.05, 0.1) is 12.3 Å². The minimum atomic E-state index is -3.62. The van der Waals surface area contributed by atoms with E-state index in [1.165, 1.54) is 12.1 Å². The monoisotopic (exact) mass is 303 g/mol. The summed E-state index contributed by atoms with van der Waals surface area (Å²) in [5, 5.41) is 9.38. The highest BCUT2D eigenvalue weighted by Crippen LogP contribution is 2.25. The predicted octanol–water partition coefficient (Wildman–Crippen LogP) is 2.69. The molecule has 0 aliphatic rings. The number of sulfonamides is 1. The SMILES string of the molecule is O=S(=O)(Nc1cccc(Cl)c1)c1ccc(CO)s1. The van der Waals surface area contributed by atoms with Gasteiger partial charge in [0.25, 0.3) is 10.0 Å². The fourth-order valence-corrected chi connectivity index (χ4v) is 3.80. The van der Waals surface area contributed by atoms with Crippen molar-refractivity contribution < 1.29 is 13.5 Å². The summed E-state index contributed by atoms with van der Waals surface area (Å²) in [6.45, 7) is -0.169. The second kappa shape index (κ2) is 5.27. The van der Waals surface area contributed by atoms with Crippen LogP contribution in [0.2, 0.25) is 5.02 Å². The molecule has 0 radical (unpaired) electrons. The average Bonchev–Trinajstić information content (AvgIpc) is 2.77. The van der Waals surface area contributed by atoms with E-state index < -0.39 is 10.0 Å². The normalized spacial score (nSPS) is 11.4. The number of rotatable bonds is 4. The van der Waals surface area contributed by atoms with Gasteiger partial charge >= 0.3 is 0 Å². The van der Waals surface area contributed by atoms with Crippen molar-refractivity contribution in [3.63, 3.8) is 0 Å². The van der Waals surface area contributed by atoms with Crippen molar-refractivity contribution >= 4 is 38.6 Å². The summed E-state index contributed by atoms with van der Waals surface area (Å²) in [6.07, 6.45) is 0. The summed E-state index contributed by atoms with van der Waals surface area (Å²) < 4.78 is 26.6. The zero-order valence-electron chi connectivity index (χ0n) is 9.13. The molecule has 0 bridgehead atoms. The molecule has 2 aromatic rings. The number of halogens is 1. The van der Waals surface area contributed by atoms with Crippen molar-refractivity contribution in [2.45, 2.75) is 10.8 Å². The number of nitrogens with one attached hydrogen (secondary N) is 1. The molecule has 0 spiro atoms. The summed E-state index contributed by atoms with van der Waals surface area (Å²) in [5.41, 5.74) is 0.404. The third-order valence-electron chi connectivity index (χ3n) is 2.13. The van der Waals surface area contributed by atoms with Gasteiger partial charge in [-0.1, -0.05) is 17.7 Å². The van der Waals surface area contributed by atoms with E-state index in [0.717, 1.165) is 11.3 Å². The van der Waals surface area contributed by atoms with Crippen LogP contribution in [0.3, 0.4) is 0 Å². The molecule has 7 heteroatoms. The lowest BCUT2D eigenvalue weighted by Gasteiger charge is -2.06. The van der Waals surface area contributed by atoms with Crippen molar-refractivity contribution in [1.29, 1.82) is 0 Å². The van der Waals surface area contributed by atoms with Gasteiger partial charge in [-0.05, 0) is 30.3 Å². The van der Waals surface area contributed by atoms with Gasteiger partial charge in [-0.15, -0.1) is 11.3 Å². The van der Waals surface area contributed by atoms with Crippen LogP contribution in [0.5, 0.6) is 0 Å². The molecule has 1 aromatic carbocycles. The number of thiophene rings is 1. The first-order valence-corrected chi connectivity index (χ1v) is 7.67. The van der Waals surface area contributed by atoms with Crippen LogP contribution < -0.4 is 4.72 Å². The molecule has 2 rings (SSSR count). The number of aliphatic hydroxyl groups excluding tert-OH is 1. The second-order valence-electron chi connectivity index (χ2n) is 3.49. The van der Waals surface area contributed by atoms with Gasteiger partial charge in [0, 0.05) is 9.90 Å². The van der Waals surface area contributed by atoms with Gasteiger partial charge in [-0.25, -0.2) is 8.42 Å². The number of benzene rings is 1. The molecule has 1 heterocycles. The van der Waals surface area contributed by atoms with Crippen molar-refractivity contribution in [3.8, 4) is 0 Å². The molecule has 0 fully saturated rings. The smallest absolute Gasteiger partial charge is 0.271 e. The number of aliphatic hydroxyl groups is 1. The van der Waals surface area contributed by atoms with E-state index in [-0.39, 0.29) is 10.8 Å². The van der Waals surface area contributed by atoms with Crippen LogP contribution in [0, 0.1) is 0 Å². The standard InChI is InChI=1S/C11H10ClNO3S2/c12-8-2-1-3-9(6-8)13-18(15,16)11-5-4-10(7-14)17-11/h1-6,13-14H,7H2. The predicted molar refractivity (Wildman–Crippen MR) is 72.5 cm³/mol. The van der Waals surface area contributed by atoms with E-state index in [4.69, 9.17) is 16.7 Å². The molecule has 0 atom stereocenters.